The molecule has 1 aliphatic heterocycles. The van der Waals surface area contributed by atoms with E-state index in [0.29, 0.717) is 28.1 Å². The summed E-state index contributed by atoms with van der Waals surface area (Å²) in [4.78, 5) is 17.1. The van der Waals surface area contributed by atoms with Gasteiger partial charge in [-0.3, -0.25) is 0 Å². The zero-order valence-electron chi connectivity index (χ0n) is 15.9. The Kier molecular flexibility index (Phi) is 5.60. The van der Waals surface area contributed by atoms with Crippen molar-refractivity contribution in [2.24, 2.45) is 0 Å². The molecule has 1 atom stereocenters. The maximum atomic E-state index is 12.5. The van der Waals surface area contributed by atoms with Gasteiger partial charge >= 0.3 is 5.97 Å². The Morgan fingerprint density at radius 1 is 1.21 bits per heavy atom. The van der Waals surface area contributed by atoms with E-state index in [1.54, 1.807) is 4.68 Å². The number of allylic oxidation sites excluding steroid dienone is 1. The number of anilines is 1. The molecule has 0 saturated carbocycles. The van der Waals surface area contributed by atoms with Crippen molar-refractivity contribution in [3.05, 3.63) is 82.0 Å². The van der Waals surface area contributed by atoms with Gasteiger partial charge in [-0.05, 0) is 24.1 Å². The first-order valence-electron chi connectivity index (χ1n) is 9.02. The van der Waals surface area contributed by atoms with E-state index in [1.165, 1.54) is 18.9 Å². The second-order valence-electron chi connectivity index (χ2n) is 6.51. The van der Waals surface area contributed by atoms with Crippen LogP contribution in [0, 0.1) is 0 Å². The number of hydrogen-bond acceptors (Lipinski definition) is 6. The average molecular weight is 427 g/mol. The van der Waals surface area contributed by atoms with Crippen LogP contribution in [-0.4, -0.2) is 27.8 Å². The molecule has 2 aromatic carbocycles. The second-order valence-corrected chi connectivity index (χ2v) is 7.86. The summed E-state index contributed by atoms with van der Waals surface area (Å²) in [5.41, 5.74) is 3.17. The molecule has 0 bridgehead atoms. The minimum atomic E-state index is -0.415. The molecule has 0 spiro atoms. The molecular weight excluding hydrogens is 408 g/mol. The number of halogens is 1. The van der Waals surface area contributed by atoms with E-state index < -0.39 is 12.0 Å². The fourth-order valence-electron chi connectivity index (χ4n) is 3.27. The van der Waals surface area contributed by atoms with E-state index in [4.69, 9.17) is 16.3 Å². The summed E-state index contributed by atoms with van der Waals surface area (Å²) in [6.07, 6.45) is 0. The van der Waals surface area contributed by atoms with Crippen molar-refractivity contribution in [3.63, 3.8) is 0 Å². The highest BCUT2D eigenvalue weighted by Crippen LogP contribution is 2.37. The third kappa shape index (κ3) is 3.88. The zero-order valence-corrected chi connectivity index (χ0v) is 17.5. The van der Waals surface area contributed by atoms with Gasteiger partial charge in [-0.1, -0.05) is 71.9 Å². The molecule has 29 heavy (non-hydrogen) atoms. The van der Waals surface area contributed by atoms with Crippen molar-refractivity contribution < 1.29 is 9.53 Å². The van der Waals surface area contributed by atoms with E-state index in [9.17, 15) is 4.79 Å². The number of rotatable bonds is 5. The number of nitrogens with one attached hydrogen (secondary N) is 1. The van der Waals surface area contributed by atoms with Crippen molar-refractivity contribution in [1.82, 2.24) is 14.8 Å². The van der Waals surface area contributed by atoms with Crippen molar-refractivity contribution in [2.75, 3.05) is 12.4 Å². The molecule has 0 amide bonds. The Bertz CT molecular complexity index is 1080. The van der Waals surface area contributed by atoms with Crippen LogP contribution in [0.4, 0.5) is 5.95 Å². The maximum absolute atomic E-state index is 12.5. The van der Waals surface area contributed by atoms with Crippen LogP contribution in [0.3, 0.4) is 0 Å². The van der Waals surface area contributed by atoms with Crippen LogP contribution < -0.4 is 5.32 Å². The largest absolute Gasteiger partial charge is 0.466 e. The van der Waals surface area contributed by atoms with Crippen molar-refractivity contribution in [1.29, 1.82) is 0 Å². The molecule has 2 heterocycles. The van der Waals surface area contributed by atoms with Crippen LogP contribution in [0.15, 0.2) is 71.0 Å². The maximum Gasteiger partial charge on any atom is 0.338 e. The van der Waals surface area contributed by atoms with Crippen LogP contribution >= 0.6 is 23.4 Å². The number of thioether (sulfide) groups is 1. The van der Waals surface area contributed by atoms with Gasteiger partial charge < -0.3 is 10.1 Å². The Morgan fingerprint density at radius 3 is 2.66 bits per heavy atom. The standard InChI is InChI=1S/C21H19ClN4O2S/c1-13-17(19(27)28-2)18(14-8-4-3-5-9-14)26-20(23-13)24-21(25-26)29-12-15-10-6-7-11-16(15)22/h3-11,18H,12H2,1-2H3,(H,23,24,25). The van der Waals surface area contributed by atoms with Gasteiger partial charge in [-0.25, -0.2) is 9.48 Å². The number of hydrogen-bond donors (Lipinski definition) is 1. The zero-order chi connectivity index (χ0) is 20.4. The Labute approximate surface area is 177 Å². The Hall–Kier alpha value is -2.77. The van der Waals surface area contributed by atoms with Crippen LogP contribution in [0.5, 0.6) is 0 Å². The number of esters is 1. The van der Waals surface area contributed by atoms with Gasteiger partial charge in [-0.15, -0.1) is 5.10 Å². The molecule has 6 nitrogen and oxygen atoms in total. The molecule has 4 rings (SSSR count). The van der Waals surface area contributed by atoms with Crippen LogP contribution in [0.1, 0.15) is 24.1 Å². The minimum absolute atomic E-state index is 0.393. The topological polar surface area (TPSA) is 69.0 Å². The summed E-state index contributed by atoms with van der Waals surface area (Å²) in [7, 11) is 1.38. The summed E-state index contributed by atoms with van der Waals surface area (Å²) >= 11 is 7.75. The summed E-state index contributed by atoms with van der Waals surface area (Å²) < 4.78 is 6.77. The molecule has 0 aliphatic carbocycles. The van der Waals surface area contributed by atoms with Gasteiger partial charge in [0.1, 0.15) is 6.04 Å². The molecule has 0 radical (unpaired) electrons. The van der Waals surface area contributed by atoms with E-state index in [2.05, 4.69) is 15.4 Å². The Morgan fingerprint density at radius 2 is 1.93 bits per heavy atom. The highest BCUT2D eigenvalue weighted by atomic mass is 35.5. The van der Waals surface area contributed by atoms with Crippen LogP contribution in [-0.2, 0) is 15.3 Å². The lowest BCUT2D eigenvalue weighted by Crippen LogP contribution is -2.29. The van der Waals surface area contributed by atoms with E-state index in [-0.39, 0.29) is 0 Å². The molecular formula is C21H19ClN4O2S. The molecule has 8 heteroatoms. The Balaban J connectivity index is 1.69. The minimum Gasteiger partial charge on any atom is -0.466 e. The van der Waals surface area contributed by atoms with E-state index in [1.807, 2.05) is 61.5 Å². The second kappa shape index (κ2) is 8.31. The van der Waals surface area contributed by atoms with Crippen LogP contribution in [0.2, 0.25) is 5.02 Å². The smallest absolute Gasteiger partial charge is 0.338 e. The highest BCUT2D eigenvalue weighted by molar-refractivity contribution is 7.98. The lowest BCUT2D eigenvalue weighted by molar-refractivity contribution is -0.136. The average Bonchev–Trinajstić information content (AvgIpc) is 3.14. The fraction of sp³-hybridized carbons (Fsp3) is 0.190. The summed E-state index contributed by atoms with van der Waals surface area (Å²) in [6.45, 7) is 1.84. The SMILES string of the molecule is COC(=O)C1=C(C)Nc2nc(SCc3ccccc3Cl)nn2C1c1ccccc1. The first-order valence-corrected chi connectivity index (χ1v) is 10.4. The summed E-state index contributed by atoms with van der Waals surface area (Å²) in [5.74, 6) is 0.844. The fourth-order valence-corrected chi connectivity index (χ4v) is 4.38. The van der Waals surface area contributed by atoms with Gasteiger partial charge in [0, 0.05) is 16.5 Å². The quantitative estimate of drug-likeness (QED) is 0.471. The molecule has 1 unspecified atom stereocenters. The normalized spacial score (nSPS) is 15.6. The lowest BCUT2D eigenvalue weighted by atomic mass is 9.96. The van der Waals surface area contributed by atoms with Gasteiger partial charge in [0.2, 0.25) is 11.1 Å². The summed E-state index contributed by atoms with van der Waals surface area (Å²) in [6, 6.07) is 17.0. The van der Waals surface area contributed by atoms with Crippen LogP contribution in [0.25, 0.3) is 0 Å². The van der Waals surface area contributed by atoms with Gasteiger partial charge in [-0.2, -0.15) is 4.98 Å². The van der Waals surface area contributed by atoms with E-state index in [0.717, 1.165) is 16.1 Å². The van der Waals surface area contributed by atoms with Crippen molar-refractivity contribution >= 4 is 35.3 Å². The molecule has 0 saturated heterocycles. The number of methoxy groups -OCH3 is 1. The predicted octanol–water partition coefficient (Wildman–Crippen LogP) is 4.69. The lowest BCUT2D eigenvalue weighted by Gasteiger charge is -2.27. The third-order valence-corrected chi connectivity index (χ3v) is 5.92. The van der Waals surface area contributed by atoms with E-state index >= 15 is 0 Å². The highest BCUT2D eigenvalue weighted by Gasteiger charge is 2.34. The van der Waals surface area contributed by atoms with Crippen molar-refractivity contribution in [2.45, 2.75) is 23.9 Å². The number of carbonyl (C=O) groups excluding carboxylic acids is 1. The first kappa shape index (κ1) is 19.5. The number of aromatic nitrogens is 3. The monoisotopic (exact) mass is 426 g/mol. The molecule has 1 aromatic heterocycles. The van der Waals surface area contributed by atoms with Gasteiger partial charge in [0.25, 0.3) is 0 Å². The third-order valence-electron chi connectivity index (χ3n) is 4.67. The number of ether oxygens (including phenoxy) is 1. The molecule has 1 N–H and O–H groups in total. The number of carbonyl (C=O) groups is 1. The number of benzene rings is 2. The van der Waals surface area contributed by atoms with Crippen molar-refractivity contribution in [3.8, 4) is 0 Å². The molecule has 0 fully saturated rings. The van der Waals surface area contributed by atoms with Gasteiger partial charge in [0.05, 0.1) is 12.7 Å². The molecule has 148 valence electrons. The number of nitrogens with zero attached hydrogens (tertiary/aromatic N) is 3. The first-order chi connectivity index (χ1) is 14.1. The molecule has 3 aromatic rings. The number of fused-ring (bicyclic) bond motifs is 1. The van der Waals surface area contributed by atoms with Gasteiger partial charge in [0.15, 0.2) is 0 Å². The molecule has 1 aliphatic rings. The predicted molar refractivity (Wildman–Crippen MR) is 114 cm³/mol. The summed E-state index contributed by atoms with van der Waals surface area (Å²) in [5, 5.41) is 9.18.